The number of nitrogens with one attached hydrogen (secondary N) is 2. The number of rotatable bonds is 7. The monoisotopic (exact) mass is 410 g/mol. The summed E-state index contributed by atoms with van der Waals surface area (Å²) in [4.78, 5) is 33.3. The van der Waals surface area contributed by atoms with Crippen LogP contribution in [0.3, 0.4) is 0 Å². The highest BCUT2D eigenvalue weighted by molar-refractivity contribution is 7.92. The van der Waals surface area contributed by atoms with Crippen LogP contribution in [0, 0.1) is 0 Å². The molecular formula is C16H14N2O7S2. The Balaban J connectivity index is 2.10. The van der Waals surface area contributed by atoms with Gasteiger partial charge in [0.2, 0.25) is 10.0 Å². The van der Waals surface area contributed by atoms with E-state index in [9.17, 15) is 22.8 Å². The molecule has 2 aromatic rings. The summed E-state index contributed by atoms with van der Waals surface area (Å²) in [6.07, 6.45) is 1.40. The Bertz CT molecular complexity index is 995. The molecule has 0 unspecified atom stereocenters. The number of carbonyl (C=O) groups is 3. The van der Waals surface area contributed by atoms with E-state index >= 15 is 0 Å². The fourth-order valence-corrected chi connectivity index (χ4v) is 3.75. The summed E-state index contributed by atoms with van der Waals surface area (Å²) in [6, 6.07) is 9.91. The Kier molecular flexibility index (Phi) is 6.45. The van der Waals surface area contributed by atoms with Crippen molar-refractivity contribution in [3.8, 4) is 0 Å². The van der Waals surface area contributed by atoms with E-state index in [0.717, 1.165) is 22.8 Å². The molecular weight excluding hydrogens is 396 g/mol. The molecule has 9 nitrogen and oxygen atoms in total. The third-order valence-corrected chi connectivity index (χ3v) is 5.21. The largest absolute Gasteiger partial charge is 0.478 e. The normalized spacial score (nSPS) is 11.4. The highest BCUT2D eigenvalue weighted by Gasteiger charge is 2.20. The first kappa shape index (κ1) is 20.3. The molecule has 11 heteroatoms. The third kappa shape index (κ3) is 6.02. The van der Waals surface area contributed by atoms with Gasteiger partial charge in [-0.05, 0) is 17.7 Å². The van der Waals surface area contributed by atoms with E-state index in [-0.39, 0.29) is 22.0 Å². The molecule has 0 saturated heterocycles. The Morgan fingerprint density at radius 1 is 1.11 bits per heavy atom. The van der Waals surface area contributed by atoms with E-state index in [1.54, 1.807) is 30.3 Å². The average Bonchev–Trinajstić information content (AvgIpc) is 3.02. The number of hydrogen-bond acceptors (Lipinski definition) is 6. The molecule has 0 aliphatic carbocycles. The molecule has 0 aliphatic heterocycles. The second-order valence-corrected chi connectivity index (χ2v) is 7.89. The maximum absolute atomic E-state index is 12.0. The standard InChI is InChI=1S/C16H14N2O7S2/c19-13(16(22)23)18-14-12(15(20)21)8-11(26-14)9-17-27(24,25)7-6-10-4-2-1-3-5-10/h1-8,17H,9H2,(H,18,19)(H,20,21)(H,22,23). The van der Waals surface area contributed by atoms with Crippen molar-refractivity contribution in [1.29, 1.82) is 0 Å². The van der Waals surface area contributed by atoms with Crippen LogP contribution in [-0.4, -0.2) is 36.5 Å². The molecule has 0 radical (unpaired) electrons. The zero-order chi connectivity index (χ0) is 20.0. The van der Waals surface area contributed by atoms with Gasteiger partial charge in [-0.15, -0.1) is 11.3 Å². The maximum atomic E-state index is 12.0. The second kappa shape index (κ2) is 8.58. The Morgan fingerprint density at radius 2 is 1.78 bits per heavy atom. The summed E-state index contributed by atoms with van der Waals surface area (Å²) < 4.78 is 26.3. The lowest BCUT2D eigenvalue weighted by molar-refractivity contribution is -0.147. The third-order valence-electron chi connectivity index (χ3n) is 3.12. The Labute approximate surface area is 158 Å². The molecule has 0 saturated carbocycles. The zero-order valence-electron chi connectivity index (χ0n) is 13.6. The topological polar surface area (TPSA) is 150 Å². The molecule has 1 aromatic heterocycles. The maximum Gasteiger partial charge on any atom is 0.394 e. The predicted molar refractivity (Wildman–Crippen MR) is 98.8 cm³/mol. The van der Waals surface area contributed by atoms with Gasteiger partial charge < -0.3 is 15.5 Å². The molecule has 2 rings (SSSR count). The van der Waals surface area contributed by atoms with Crippen molar-refractivity contribution in [2.75, 3.05) is 5.32 Å². The number of carbonyl (C=O) groups excluding carboxylic acids is 1. The highest BCUT2D eigenvalue weighted by atomic mass is 32.2. The molecule has 0 spiro atoms. The number of thiophene rings is 1. The summed E-state index contributed by atoms with van der Waals surface area (Å²) in [5, 5.41) is 20.5. The first-order valence-electron chi connectivity index (χ1n) is 7.31. The van der Waals surface area contributed by atoms with Crippen LogP contribution in [0.15, 0.2) is 41.8 Å². The smallest absolute Gasteiger partial charge is 0.394 e. The first-order valence-corrected chi connectivity index (χ1v) is 9.67. The van der Waals surface area contributed by atoms with Crippen LogP contribution in [0.5, 0.6) is 0 Å². The fourth-order valence-electron chi connectivity index (χ4n) is 1.89. The van der Waals surface area contributed by atoms with Crippen LogP contribution < -0.4 is 10.0 Å². The number of benzene rings is 1. The van der Waals surface area contributed by atoms with Gasteiger partial charge in [-0.1, -0.05) is 30.3 Å². The number of aromatic carboxylic acids is 1. The summed E-state index contributed by atoms with van der Waals surface area (Å²) >= 11 is 0.762. The molecule has 1 heterocycles. The van der Waals surface area contributed by atoms with E-state index in [0.29, 0.717) is 5.56 Å². The van der Waals surface area contributed by atoms with Crippen molar-refractivity contribution in [2.45, 2.75) is 6.54 Å². The number of aliphatic carboxylic acids is 1. The van der Waals surface area contributed by atoms with Crippen LogP contribution in [0.4, 0.5) is 5.00 Å². The van der Waals surface area contributed by atoms with Crippen molar-refractivity contribution >= 4 is 50.3 Å². The van der Waals surface area contributed by atoms with Crippen molar-refractivity contribution in [3.63, 3.8) is 0 Å². The van der Waals surface area contributed by atoms with Crippen LogP contribution in [0.2, 0.25) is 0 Å². The van der Waals surface area contributed by atoms with E-state index < -0.39 is 27.9 Å². The van der Waals surface area contributed by atoms with Crippen LogP contribution in [0.1, 0.15) is 20.8 Å². The number of carboxylic acid groups (broad SMARTS) is 2. The lowest BCUT2D eigenvalue weighted by Gasteiger charge is -2.01. The highest BCUT2D eigenvalue weighted by Crippen LogP contribution is 2.28. The molecule has 0 aliphatic rings. The quantitative estimate of drug-likeness (QED) is 0.506. The van der Waals surface area contributed by atoms with E-state index in [1.165, 1.54) is 6.08 Å². The van der Waals surface area contributed by atoms with Gasteiger partial charge in [0, 0.05) is 16.8 Å². The molecule has 27 heavy (non-hydrogen) atoms. The average molecular weight is 410 g/mol. The Morgan fingerprint density at radius 3 is 2.37 bits per heavy atom. The number of hydrogen-bond donors (Lipinski definition) is 4. The fraction of sp³-hybridized carbons (Fsp3) is 0.0625. The number of sulfonamides is 1. The van der Waals surface area contributed by atoms with E-state index in [2.05, 4.69) is 4.72 Å². The van der Waals surface area contributed by atoms with Crippen molar-refractivity contribution < 1.29 is 33.0 Å². The molecule has 1 aromatic carbocycles. The molecule has 4 N–H and O–H groups in total. The molecule has 0 bridgehead atoms. The zero-order valence-corrected chi connectivity index (χ0v) is 15.2. The summed E-state index contributed by atoms with van der Waals surface area (Å²) in [7, 11) is -3.79. The number of amides is 1. The van der Waals surface area contributed by atoms with Gasteiger partial charge in [0.05, 0.1) is 5.56 Å². The number of carboxylic acids is 2. The van der Waals surface area contributed by atoms with Gasteiger partial charge in [0.15, 0.2) is 0 Å². The van der Waals surface area contributed by atoms with Crippen molar-refractivity contribution in [1.82, 2.24) is 4.72 Å². The van der Waals surface area contributed by atoms with Gasteiger partial charge >= 0.3 is 17.8 Å². The Hall–Kier alpha value is -3.02. The van der Waals surface area contributed by atoms with Gasteiger partial charge in [-0.2, -0.15) is 0 Å². The van der Waals surface area contributed by atoms with E-state index in [4.69, 9.17) is 10.2 Å². The van der Waals surface area contributed by atoms with Crippen LogP contribution >= 0.6 is 11.3 Å². The molecule has 1 amide bonds. The first-order chi connectivity index (χ1) is 12.7. The minimum Gasteiger partial charge on any atom is -0.478 e. The minimum absolute atomic E-state index is 0.191. The summed E-state index contributed by atoms with van der Waals surface area (Å²) in [6.45, 7) is -0.227. The lowest BCUT2D eigenvalue weighted by atomic mass is 10.2. The van der Waals surface area contributed by atoms with Crippen LogP contribution in [-0.2, 0) is 26.2 Å². The lowest BCUT2D eigenvalue weighted by Crippen LogP contribution is -2.22. The van der Waals surface area contributed by atoms with Gasteiger partial charge in [0.25, 0.3) is 0 Å². The summed E-state index contributed by atoms with van der Waals surface area (Å²) in [5.74, 6) is -4.55. The second-order valence-electron chi connectivity index (χ2n) is 5.10. The van der Waals surface area contributed by atoms with E-state index in [1.807, 2.05) is 5.32 Å². The van der Waals surface area contributed by atoms with Gasteiger partial charge in [-0.3, -0.25) is 4.79 Å². The van der Waals surface area contributed by atoms with Gasteiger partial charge in [0.1, 0.15) is 5.00 Å². The molecule has 0 atom stereocenters. The number of anilines is 1. The predicted octanol–water partition coefficient (Wildman–Crippen LogP) is 1.56. The molecule has 142 valence electrons. The SMILES string of the molecule is O=C(O)C(=O)Nc1sc(CNS(=O)(=O)C=Cc2ccccc2)cc1C(=O)O. The van der Waals surface area contributed by atoms with Crippen molar-refractivity contribution in [3.05, 3.63) is 57.8 Å². The van der Waals surface area contributed by atoms with Gasteiger partial charge in [-0.25, -0.2) is 22.7 Å². The minimum atomic E-state index is -3.79. The van der Waals surface area contributed by atoms with Crippen molar-refractivity contribution in [2.24, 2.45) is 0 Å². The summed E-state index contributed by atoms with van der Waals surface area (Å²) in [5.41, 5.74) is 0.356. The van der Waals surface area contributed by atoms with Crippen LogP contribution in [0.25, 0.3) is 6.08 Å². The molecule has 0 fully saturated rings.